The van der Waals surface area contributed by atoms with E-state index in [1.165, 1.54) is 11.8 Å². The Balaban J connectivity index is 1.55. The molecule has 162 valence electrons. The fourth-order valence-corrected chi connectivity index (χ4v) is 4.47. The Kier molecular flexibility index (Phi) is 7.04. The maximum atomic E-state index is 12.4. The standard InChI is InChI=1S/C23H20ClN5OS2/c1-15-5-7-17(8-6-15)22-27-28-23(29(22)19-11-9-18(24)10-12-19)32-14-21(30)26-25-16(2)20-4-3-13-31-20/h3-13H,14H2,1-2H3,(H,26,30)/b25-16-. The number of halogens is 1. The number of nitrogens with one attached hydrogen (secondary N) is 1. The quantitative estimate of drug-likeness (QED) is 0.212. The number of aryl methyl sites for hydroxylation is 1. The lowest BCUT2D eigenvalue weighted by atomic mass is 10.1. The summed E-state index contributed by atoms with van der Waals surface area (Å²) in [5, 5.41) is 16.2. The van der Waals surface area contributed by atoms with E-state index in [1.807, 2.05) is 84.5 Å². The number of thioether (sulfide) groups is 1. The Morgan fingerprint density at radius 2 is 1.88 bits per heavy atom. The lowest BCUT2D eigenvalue weighted by Crippen LogP contribution is -2.21. The molecule has 9 heteroatoms. The molecule has 0 aliphatic carbocycles. The Hall–Kier alpha value is -2.94. The number of carbonyl (C=O) groups excluding carboxylic acids is 1. The van der Waals surface area contributed by atoms with E-state index in [0.29, 0.717) is 16.0 Å². The van der Waals surface area contributed by atoms with Gasteiger partial charge in [-0.25, -0.2) is 5.43 Å². The van der Waals surface area contributed by atoms with Crippen LogP contribution in [0.1, 0.15) is 17.4 Å². The van der Waals surface area contributed by atoms with Gasteiger partial charge in [0.15, 0.2) is 11.0 Å². The largest absolute Gasteiger partial charge is 0.272 e. The smallest absolute Gasteiger partial charge is 0.250 e. The summed E-state index contributed by atoms with van der Waals surface area (Å²) in [6, 6.07) is 19.4. The molecular weight excluding hydrogens is 462 g/mol. The van der Waals surface area contributed by atoms with Crippen LogP contribution in [0.15, 0.2) is 76.3 Å². The maximum absolute atomic E-state index is 12.4. The van der Waals surface area contributed by atoms with E-state index >= 15 is 0 Å². The number of nitrogens with zero attached hydrogens (tertiary/aromatic N) is 4. The van der Waals surface area contributed by atoms with Crippen LogP contribution in [-0.4, -0.2) is 32.1 Å². The summed E-state index contributed by atoms with van der Waals surface area (Å²) >= 11 is 8.95. The number of benzene rings is 2. The Labute approximate surface area is 199 Å². The second kappa shape index (κ2) is 10.1. The van der Waals surface area contributed by atoms with Crippen LogP contribution in [-0.2, 0) is 4.79 Å². The van der Waals surface area contributed by atoms with Gasteiger partial charge in [-0.15, -0.1) is 21.5 Å². The first kappa shape index (κ1) is 22.3. The van der Waals surface area contributed by atoms with Crippen molar-refractivity contribution >= 4 is 46.3 Å². The number of hydrogen-bond acceptors (Lipinski definition) is 6. The Morgan fingerprint density at radius 1 is 1.12 bits per heavy atom. The number of hydrogen-bond donors (Lipinski definition) is 1. The van der Waals surface area contributed by atoms with Crippen molar-refractivity contribution in [1.82, 2.24) is 20.2 Å². The minimum atomic E-state index is -0.214. The zero-order valence-electron chi connectivity index (χ0n) is 17.4. The van der Waals surface area contributed by atoms with E-state index in [0.717, 1.165) is 27.4 Å². The van der Waals surface area contributed by atoms with Crippen LogP contribution in [0, 0.1) is 6.92 Å². The number of carbonyl (C=O) groups is 1. The average molecular weight is 482 g/mol. The van der Waals surface area contributed by atoms with E-state index in [9.17, 15) is 4.79 Å². The number of hydrazone groups is 1. The minimum absolute atomic E-state index is 0.154. The molecule has 0 spiro atoms. The average Bonchev–Trinajstić information content (AvgIpc) is 3.48. The van der Waals surface area contributed by atoms with Gasteiger partial charge in [0.25, 0.3) is 5.91 Å². The molecular formula is C23H20ClN5OS2. The van der Waals surface area contributed by atoms with Crippen molar-refractivity contribution in [3.05, 3.63) is 81.5 Å². The van der Waals surface area contributed by atoms with E-state index < -0.39 is 0 Å². The lowest BCUT2D eigenvalue weighted by Gasteiger charge is -2.10. The third-order valence-corrected chi connectivity index (χ3v) is 6.75. The molecule has 0 bridgehead atoms. The molecule has 1 N–H and O–H groups in total. The SMILES string of the molecule is C/C(=N/NC(=O)CSc1nnc(-c2ccc(C)cc2)n1-c1ccc(Cl)cc1)c1cccs1. The maximum Gasteiger partial charge on any atom is 0.250 e. The highest BCUT2D eigenvalue weighted by Gasteiger charge is 2.17. The normalized spacial score (nSPS) is 11.5. The summed E-state index contributed by atoms with van der Waals surface area (Å²) < 4.78 is 1.93. The molecule has 2 aromatic heterocycles. The van der Waals surface area contributed by atoms with Crippen LogP contribution in [0.4, 0.5) is 0 Å². The van der Waals surface area contributed by atoms with E-state index in [-0.39, 0.29) is 11.7 Å². The summed E-state index contributed by atoms with van der Waals surface area (Å²) in [6.45, 7) is 3.90. The third-order valence-electron chi connectivity index (χ3n) is 4.59. The van der Waals surface area contributed by atoms with Crippen molar-refractivity contribution in [2.24, 2.45) is 5.10 Å². The monoisotopic (exact) mass is 481 g/mol. The first-order valence-corrected chi connectivity index (χ1v) is 12.0. The van der Waals surface area contributed by atoms with Crippen LogP contribution in [0.2, 0.25) is 5.02 Å². The second-order valence-electron chi connectivity index (χ2n) is 6.98. The van der Waals surface area contributed by atoms with Crippen molar-refractivity contribution in [2.45, 2.75) is 19.0 Å². The van der Waals surface area contributed by atoms with Crippen molar-refractivity contribution in [3.8, 4) is 17.1 Å². The fourth-order valence-electron chi connectivity index (χ4n) is 2.92. The minimum Gasteiger partial charge on any atom is -0.272 e. The topological polar surface area (TPSA) is 72.2 Å². The van der Waals surface area contributed by atoms with E-state index in [4.69, 9.17) is 11.6 Å². The van der Waals surface area contributed by atoms with Gasteiger partial charge in [0, 0.05) is 21.2 Å². The van der Waals surface area contributed by atoms with Gasteiger partial charge >= 0.3 is 0 Å². The molecule has 0 unspecified atom stereocenters. The summed E-state index contributed by atoms with van der Waals surface area (Å²) in [6.07, 6.45) is 0. The summed E-state index contributed by atoms with van der Waals surface area (Å²) in [7, 11) is 0. The highest BCUT2D eigenvalue weighted by molar-refractivity contribution is 7.99. The molecule has 4 rings (SSSR count). The molecule has 32 heavy (non-hydrogen) atoms. The zero-order valence-corrected chi connectivity index (χ0v) is 19.8. The fraction of sp³-hybridized carbons (Fsp3) is 0.130. The Bertz CT molecular complexity index is 1230. The number of aromatic nitrogens is 3. The van der Waals surface area contributed by atoms with Gasteiger partial charge in [0.05, 0.1) is 11.5 Å². The highest BCUT2D eigenvalue weighted by atomic mass is 35.5. The molecule has 0 aliphatic heterocycles. The number of thiophene rings is 1. The van der Waals surface area contributed by atoms with Gasteiger partial charge < -0.3 is 0 Å². The molecule has 2 heterocycles. The van der Waals surface area contributed by atoms with Gasteiger partial charge in [-0.05, 0) is 49.6 Å². The van der Waals surface area contributed by atoms with Crippen molar-refractivity contribution < 1.29 is 4.79 Å². The number of rotatable bonds is 7. The van der Waals surface area contributed by atoms with Gasteiger partial charge in [0.1, 0.15) is 0 Å². The van der Waals surface area contributed by atoms with Gasteiger partial charge in [0.2, 0.25) is 0 Å². The number of amides is 1. The molecule has 0 saturated carbocycles. The van der Waals surface area contributed by atoms with Gasteiger partial charge in [-0.3, -0.25) is 9.36 Å². The lowest BCUT2D eigenvalue weighted by molar-refractivity contribution is -0.118. The molecule has 0 saturated heterocycles. The highest BCUT2D eigenvalue weighted by Crippen LogP contribution is 2.28. The van der Waals surface area contributed by atoms with Crippen LogP contribution in [0.5, 0.6) is 0 Å². The van der Waals surface area contributed by atoms with E-state index in [2.05, 4.69) is 20.7 Å². The van der Waals surface area contributed by atoms with Crippen LogP contribution in [0.3, 0.4) is 0 Å². The molecule has 0 radical (unpaired) electrons. The van der Waals surface area contributed by atoms with Crippen LogP contribution < -0.4 is 5.43 Å². The third kappa shape index (κ3) is 5.27. The molecule has 0 atom stereocenters. The molecule has 4 aromatic rings. The van der Waals surface area contributed by atoms with E-state index in [1.54, 1.807) is 11.3 Å². The van der Waals surface area contributed by atoms with Gasteiger partial charge in [-0.1, -0.05) is 59.3 Å². The van der Waals surface area contributed by atoms with Crippen LogP contribution >= 0.6 is 34.7 Å². The van der Waals surface area contributed by atoms with Crippen molar-refractivity contribution in [1.29, 1.82) is 0 Å². The first-order chi connectivity index (χ1) is 15.5. The summed E-state index contributed by atoms with van der Waals surface area (Å²) in [5.74, 6) is 0.635. The molecule has 0 aliphatic rings. The first-order valence-electron chi connectivity index (χ1n) is 9.79. The zero-order chi connectivity index (χ0) is 22.5. The predicted molar refractivity (Wildman–Crippen MR) is 132 cm³/mol. The summed E-state index contributed by atoms with van der Waals surface area (Å²) in [5.41, 5.74) is 6.34. The summed E-state index contributed by atoms with van der Waals surface area (Å²) in [4.78, 5) is 13.4. The molecule has 0 fully saturated rings. The predicted octanol–water partition coefficient (Wildman–Crippen LogP) is 5.59. The second-order valence-corrected chi connectivity index (χ2v) is 9.31. The van der Waals surface area contributed by atoms with Gasteiger partial charge in [-0.2, -0.15) is 5.10 Å². The molecule has 6 nitrogen and oxygen atoms in total. The van der Waals surface area contributed by atoms with Crippen molar-refractivity contribution in [3.63, 3.8) is 0 Å². The van der Waals surface area contributed by atoms with Crippen molar-refractivity contribution in [2.75, 3.05) is 5.75 Å². The molecule has 2 aromatic carbocycles. The molecule has 1 amide bonds. The Morgan fingerprint density at radius 3 is 2.56 bits per heavy atom. The van der Waals surface area contributed by atoms with Crippen LogP contribution in [0.25, 0.3) is 17.1 Å².